The Kier molecular flexibility index (Phi) is 4.98. The number of hydrogen-bond donors (Lipinski definition) is 1. The van der Waals surface area contributed by atoms with Crippen LogP contribution in [0.3, 0.4) is 0 Å². The van der Waals surface area contributed by atoms with E-state index >= 15 is 0 Å². The molecule has 0 saturated carbocycles. The van der Waals surface area contributed by atoms with Gasteiger partial charge in [0.25, 0.3) is 5.91 Å². The minimum Gasteiger partial charge on any atom is -0.348 e. The Morgan fingerprint density at radius 1 is 1.00 bits per heavy atom. The molecule has 4 nitrogen and oxygen atoms in total. The molecule has 3 rings (SSSR count). The standard InChI is InChI=1S/C21H23N3O/c1-15-9-7-8-12-19(15)13-22-21(25)20-16(2)23-24(17(20)3)14-18-10-5-4-6-11-18/h4-12H,13-14H2,1-3H3,(H,22,25). The number of aromatic nitrogens is 2. The van der Waals surface area contributed by atoms with E-state index in [9.17, 15) is 4.79 Å². The van der Waals surface area contributed by atoms with Crippen molar-refractivity contribution in [3.8, 4) is 0 Å². The third-order valence-electron chi connectivity index (χ3n) is 4.48. The van der Waals surface area contributed by atoms with Crippen molar-refractivity contribution in [2.75, 3.05) is 0 Å². The molecule has 0 aliphatic heterocycles. The van der Waals surface area contributed by atoms with Gasteiger partial charge in [-0.15, -0.1) is 0 Å². The van der Waals surface area contributed by atoms with Crippen LogP contribution in [0.4, 0.5) is 0 Å². The van der Waals surface area contributed by atoms with Crippen LogP contribution >= 0.6 is 0 Å². The lowest BCUT2D eigenvalue weighted by molar-refractivity contribution is 0.0949. The molecule has 0 spiro atoms. The molecule has 0 fully saturated rings. The number of nitrogens with zero attached hydrogens (tertiary/aromatic N) is 2. The third-order valence-corrected chi connectivity index (χ3v) is 4.48. The van der Waals surface area contributed by atoms with Crippen molar-refractivity contribution >= 4 is 5.91 Å². The first-order chi connectivity index (χ1) is 12.1. The highest BCUT2D eigenvalue weighted by Gasteiger charge is 2.18. The molecule has 0 radical (unpaired) electrons. The molecule has 25 heavy (non-hydrogen) atoms. The highest BCUT2D eigenvalue weighted by Crippen LogP contribution is 2.15. The Morgan fingerprint density at radius 2 is 1.68 bits per heavy atom. The zero-order valence-corrected chi connectivity index (χ0v) is 14.9. The van der Waals surface area contributed by atoms with Crippen LogP contribution in [0.2, 0.25) is 0 Å². The predicted molar refractivity (Wildman–Crippen MR) is 99.6 cm³/mol. The topological polar surface area (TPSA) is 46.9 Å². The molecule has 0 aliphatic carbocycles. The van der Waals surface area contributed by atoms with Crippen molar-refractivity contribution in [1.82, 2.24) is 15.1 Å². The average molecular weight is 333 g/mol. The number of hydrogen-bond acceptors (Lipinski definition) is 2. The lowest BCUT2D eigenvalue weighted by atomic mass is 10.1. The average Bonchev–Trinajstić information content (AvgIpc) is 2.88. The van der Waals surface area contributed by atoms with E-state index in [4.69, 9.17) is 0 Å². The van der Waals surface area contributed by atoms with Crippen LogP contribution in [-0.2, 0) is 13.1 Å². The fraction of sp³-hybridized carbons (Fsp3) is 0.238. The van der Waals surface area contributed by atoms with Gasteiger partial charge >= 0.3 is 0 Å². The molecule has 0 atom stereocenters. The van der Waals surface area contributed by atoms with Crippen LogP contribution < -0.4 is 5.32 Å². The van der Waals surface area contributed by atoms with Crippen molar-refractivity contribution in [3.05, 3.63) is 88.2 Å². The van der Waals surface area contributed by atoms with E-state index in [1.807, 2.05) is 54.9 Å². The number of nitrogens with one attached hydrogen (secondary N) is 1. The highest BCUT2D eigenvalue weighted by molar-refractivity contribution is 5.96. The molecule has 0 unspecified atom stereocenters. The van der Waals surface area contributed by atoms with E-state index in [0.29, 0.717) is 18.7 Å². The molecule has 0 bridgehead atoms. The number of rotatable bonds is 5. The fourth-order valence-corrected chi connectivity index (χ4v) is 3.01. The van der Waals surface area contributed by atoms with Gasteiger partial charge in [0.2, 0.25) is 0 Å². The molecular formula is C21H23N3O. The second-order valence-electron chi connectivity index (χ2n) is 6.30. The number of carbonyl (C=O) groups excluding carboxylic acids is 1. The molecule has 0 saturated heterocycles. The summed E-state index contributed by atoms with van der Waals surface area (Å²) in [5.41, 5.74) is 5.79. The molecule has 1 heterocycles. The van der Waals surface area contributed by atoms with Gasteiger partial charge in [0.05, 0.1) is 17.8 Å². The summed E-state index contributed by atoms with van der Waals surface area (Å²) in [4.78, 5) is 12.7. The van der Waals surface area contributed by atoms with Crippen molar-refractivity contribution in [1.29, 1.82) is 0 Å². The molecule has 4 heteroatoms. The monoisotopic (exact) mass is 333 g/mol. The summed E-state index contributed by atoms with van der Waals surface area (Å²) in [7, 11) is 0. The quantitative estimate of drug-likeness (QED) is 0.772. The Bertz CT molecular complexity index is 881. The normalized spacial score (nSPS) is 10.7. The summed E-state index contributed by atoms with van der Waals surface area (Å²) in [6, 6.07) is 18.2. The van der Waals surface area contributed by atoms with E-state index in [1.165, 1.54) is 11.1 Å². The predicted octanol–water partition coefficient (Wildman–Crippen LogP) is 3.79. The van der Waals surface area contributed by atoms with Gasteiger partial charge in [-0.3, -0.25) is 9.48 Å². The second kappa shape index (κ2) is 7.34. The smallest absolute Gasteiger partial charge is 0.255 e. The summed E-state index contributed by atoms with van der Waals surface area (Å²) in [6.07, 6.45) is 0. The Morgan fingerprint density at radius 3 is 2.40 bits per heavy atom. The van der Waals surface area contributed by atoms with Crippen LogP contribution in [-0.4, -0.2) is 15.7 Å². The van der Waals surface area contributed by atoms with Crippen LogP contribution in [0.25, 0.3) is 0 Å². The van der Waals surface area contributed by atoms with Gasteiger partial charge in [-0.2, -0.15) is 5.10 Å². The minimum atomic E-state index is -0.0717. The fourth-order valence-electron chi connectivity index (χ4n) is 3.01. The third kappa shape index (κ3) is 3.79. The summed E-state index contributed by atoms with van der Waals surface area (Å²) in [6.45, 7) is 7.07. The number of amides is 1. The van der Waals surface area contributed by atoms with Gasteiger partial charge in [0.15, 0.2) is 0 Å². The number of aryl methyl sites for hydroxylation is 2. The lowest BCUT2D eigenvalue weighted by Crippen LogP contribution is -2.24. The summed E-state index contributed by atoms with van der Waals surface area (Å²) < 4.78 is 1.90. The van der Waals surface area contributed by atoms with Gasteiger partial charge in [0.1, 0.15) is 0 Å². The largest absolute Gasteiger partial charge is 0.348 e. The zero-order valence-electron chi connectivity index (χ0n) is 14.9. The van der Waals surface area contributed by atoms with Crippen molar-refractivity contribution in [3.63, 3.8) is 0 Å². The molecule has 3 aromatic rings. The molecular weight excluding hydrogens is 310 g/mol. The van der Waals surface area contributed by atoms with Crippen LogP contribution in [0, 0.1) is 20.8 Å². The van der Waals surface area contributed by atoms with E-state index in [2.05, 4.69) is 35.5 Å². The SMILES string of the molecule is Cc1ccccc1CNC(=O)c1c(C)nn(Cc2ccccc2)c1C. The minimum absolute atomic E-state index is 0.0717. The molecule has 2 aromatic carbocycles. The van der Waals surface area contributed by atoms with Crippen LogP contribution in [0.1, 0.15) is 38.4 Å². The summed E-state index contributed by atoms with van der Waals surface area (Å²) in [5, 5.41) is 7.58. The maximum atomic E-state index is 12.7. The van der Waals surface area contributed by atoms with Crippen LogP contribution in [0.5, 0.6) is 0 Å². The van der Waals surface area contributed by atoms with E-state index in [0.717, 1.165) is 17.0 Å². The van der Waals surface area contributed by atoms with E-state index in [1.54, 1.807) is 0 Å². The first-order valence-corrected chi connectivity index (χ1v) is 8.47. The Hall–Kier alpha value is -2.88. The van der Waals surface area contributed by atoms with Crippen molar-refractivity contribution < 1.29 is 4.79 Å². The Labute approximate surface area is 148 Å². The van der Waals surface area contributed by atoms with Crippen molar-refractivity contribution in [2.24, 2.45) is 0 Å². The highest BCUT2D eigenvalue weighted by atomic mass is 16.1. The number of carbonyl (C=O) groups is 1. The van der Waals surface area contributed by atoms with E-state index < -0.39 is 0 Å². The molecule has 1 aromatic heterocycles. The summed E-state index contributed by atoms with van der Waals surface area (Å²) in [5.74, 6) is -0.0717. The first-order valence-electron chi connectivity index (χ1n) is 8.47. The summed E-state index contributed by atoms with van der Waals surface area (Å²) >= 11 is 0. The maximum absolute atomic E-state index is 12.7. The molecule has 1 amide bonds. The second-order valence-corrected chi connectivity index (χ2v) is 6.30. The molecule has 0 aliphatic rings. The molecule has 1 N–H and O–H groups in total. The Balaban J connectivity index is 1.76. The first kappa shape index (κ1) is 17.0. The lowest BCUT2D eigenvalue weighted by Gasteiger charge is -2.09. The van der Waals surface area contributed by atoms with Gasteiger partial charge in [0, 0.05) is 12.2 Å². The molecule has 128 valence electrons. The van der Waals surface area contributed by atoms with Crippen LogP contribution in [0.15, 0.2) is 54.6 Å². The van der Waals surface area contributed by atoms with Crippen molar-refractivity contribution in [2.45, 2.75) is 33.9 Å². The van der Waals surface area contributed by atoms with Gasteiger partial charge in [-0.25, -0.2) is 0 Å². The van der Waals surface area contributed by atoms with E-state index in [-0.39, 0.29) is 5.91 Å². The zero-order chi connectivity index (χ0) is 17.8. The van der Waals surface area contributed by atoms with Gasteiger partial charge in [-0.1, -0.05) is 54.6 Å². The van der Waals surface area contributed by atoms with Gasteiger partial charge < -0.3 is 5.32 Å². The number of benzene rings is 2. The van der Waals surface area contributed by atoms with Gasteiger partial charge in [-0.05, 0) is 37.5 Å². The maximum Gasteiger partial charge on any atom is 0.255 e.